The average molecular weight is 326 g/mol. The zero-order valence-corrected chi connectivity index (χ0v) is 11.8. The van der Waals surface area contributed by atoms with Gasteiger partial charge in [-0.25, -0.2) is 0 Å². The molecule has 84 valence electrons. The summed E-state index contributed by atoms with van der Waals surface area (Å²) in [5.74, 6) is 1.59. The van der Waals surface area contributed by atoms with E-state index in [-0.39, 0.29) is 20.9 Å². The van der Waals surface area contributed by atoms with Gasteiger partial charge < -0.3 is 0 Å². The molecule has 0 aromatic heterocycles. The fourth-order valence-corrected chi connectivity index (χ4v) is 4.37. The molecule has 2 unspecified atom stereocenters. The van der Waals surface area contributed by atoms with Gasteiger partial charge in [-0.3, -0.25) is 0 Å². The molecule has 0 amide bonds. The molecule has 0 nitrogen and oxygen atoms in total. The van der Waals surface area contributed by atoms with Crippen LogP contribution in [0.25, 0.3) is 0 Å². The Morgan fingerprint density at radius 3 is 2.56 bits per heavy atom. The van der Waals surface area contributed by atoms with Crippen LogP contribution in [0.1, 0.15) is 19.3 Å². The Balaban J connectivity index is 1.80. The summed E-state index contributed by atoms with van der Waals surface area (Å²) in [6.45, 7) is 3.89. The van der Waals surface area contributed by atoms with Crippen LogP contribution in [-0.2, 0) is 0 Å². The quantitative estimate of drug-likeness (QED) is 0.589. The van der Waals surface area contributed by atoms with Crippen molar-refractivity contribution in [1.29, 1.82) is 0 Å². The third-order valence-electron chi connectivity index (χ3n) is 3.15. The Bertz CT molecular complexity index is 353. The summed E-state index contributed by atoms with van der Waals surface area (Å²) in [6.07, 6.45) is 8.60. The second-order valence-electron chi connectivity index (χ2n) is 4.33. The number of benzene rings is 1. The minimum atomic E-state index is -0.0953. The van der Waals surface area contributed by atoms with Crippen LogP contribution >= 0.6 is 0 Å². The molecule has 1 heteroatoms. The first-order chi connectivity index (χ1) is 7.88. The van der Waals surface area contributed by atoms with Crippen molar-refractivity contribution >= 4 is 24.5 Å². The molecule has 2 rings (SSSR count). The van der Waals surface area contributed by atoms with E-state index >= 15 is 0 Å². The van der Waals surface area contributed by atoms with Crippen molar-refractivity contribution < 1.29 is 0 Å². The van der Waals surface area contributed by atoms with Gasteiger partial charge in [-0.05, 0) is 0 Å². The van der Waals surface area contributed by atoms with Gasteiger partial charge in [0, 0.05) is 0 Å². The third kappa shape index (κ3) is 3.51. The number of hydrogen-bond acceptors (Lipinski definition) is 0. The van der Waals surface area contributed by atoms with Crippen molar-refractivity contribution in [3.63, 3.8) is 0 Å². The van der Waals surface area contributed by atoms with Crippen LogP contribution in [0.15, 0.2) is 53.2 Å². The molecule has 1 aliphatic carbocycles. The third-order valence-corrected chi connectivity index (χ3v) is 5.54. The molecule has 0 radical (unpaired) electrons. The van der Waals surface area contributed by atoms with Gasteiger partial charge in [0.05, 0.1) is 0 Å². The summed E-state index contributed by atoms with van der Waals surface area (Å²) < 4.78 is 3.98. The van der Waals surface area contributed by atoms with Crippen molar-refractivity contribution in [3.8, 4) is 0 Å². The van der Waals surface area contributed by atoms with Crippen LogP contribution in [0.2, 0.25) is 0 Å². The molecule has 0 N–H and O–H groups in total. The summed E-state index contributed by atoms with van der Waals surface area (Å²) in [4.78, 5) is 0. The molecule has 0 heterocycles. The minimum absolute atomic E-state index is 0.0953. The summed E-state index contributed by atoms with van der Waals surface area (Å²) in [5.41, 5.74) is 0. The van der Waals surface area contributed by atoms with Crippen LogP contribution < -0.4 is 3.61 Å². The molecule has 0 saturated heterocycles. The van der Waals surface area contributed by atoms with Gasteiger partial charge in [-0.2, -0.15) is 0 Å². The van der Waals surface area contributed by atoms with Crippen molar-refractivity contribution in [1.82, 2.24) is 0 Å². The van der Waals surface area contributed by atoms with Gasteiger partial charge in [0.15, 0.2) is 0 Å². The van der Waals surface area contributed by atoms with Gasteiger partial charge >= 0.3 is 109 Å². The molecule has 1 aromatic rings. The molecule has 1 saturated carbocycles. The van der Waals surface area contributed by atoms with E-state index < -0.39 is 0 Å². The molecule has 0 spiro atoms. The normalized spacial score (nSPS) is 25.0. The fraction of sp³-hybridized carbons (Fsp3) is 0.333. The van der Waals surface area contributed by atoms with Crippen molar-refractivity contribution in [2.75, 3.05) is 0 Å². The average Bonchev–Trinajstić information content (AvgIpc) is 2.78. The van der Waals surface area contributed by atoms with Crippen LogP contribution in [-0.4, -0.2) is 20.9 Å². The second kappa shape index (κ2) is 6.28. The number of rotatable bonds is 4. The first kappa shape index (κ1) is 12.0. The van der Waals surface area contributed by atoms with Crippen molar-refractivity contribution in [2.24, 2.45) is 11.8 Å². The topological polar surface area (TPSA) is 0 Å². The van der Waals surface area contributed by atoms with E-state index in [1.807, 2.05) is 0 Å². The van der Waals surface area contributed by atoms with Gasteiger partial charge in [-0.1, -0.05) is 0 Å². The van der Waals surface area contributed by atoms with E-state index in [0.717, 1.165) is 11.8 Å². The van der Waals surface area contributed by atoms with Crippen LogP contribution in [0, 0.1) is 11.8 Å². The Kier molecular flexibility index (Phi) is 4.69. The maximum absolute atomic E-state index is 3.89. The number of hydrogen-bond donors (Lipinski definition) is 0. The van der Waals surface area contributed by atoms with Gasteiger partial charge in [0.25, 0.3) is 0 Å². The van der Waals surface area contributed by atoms with E-state index in [0.29, 0.717) is 0 Å². The Hall–Kier alpha value is -0.510. The molecule has 1 aliphatic rings. The Morgan fingerprint density at radius 2 is 1.88 bits per heavy atom. The molecule has 0 bridgehead atoms. The standard InChI is InChI=1S/C15H18Te/c1-2-13-8-9-14(12-13)10-11-16-15-6-4-3-5-7-15/h2-7,10-11,13-14H,1,8-9,12H2/b11-10-. The Labute approximate surface area is 109 Å². The van der Waals surface area contributed by atoms with Crippen LogP contribution in [0.5, 0.6) is 0 Å². The molecule has 2 atom stereocenters. The van der Waals surface area contributed by atoms with Gasteiger partial charge in [0.1, 0.15) is 0 Å². The van der Waals surface area contributed by atoms with Gasteiger partial charge in [-0.15, -0.1) is 0 Å². The van der Waals surface area contributed by atoms with E-state index in [1.54, 1.807) is 0 Å². The molecule has 1 aromatic carbocycles. The van der Waals surface area contributed by atoms with Crippen LogP contribution in [0.4, 0.5) is 0 Å². The van der Waals surface area contributed by atoms with E-state index in [2.05, 4.69) is 53.2 Å². The fourth-order valence-electron chi connectivity index (χ4n) is 2.17. The summed E-state index contributed by atoms with van der Waals surface area (Å²) in [6, 6.07) is 10.8. The molecular formula is C15H18Te. The van der Waals surface area contributed by atoms with E-state index in [1.165, 1.54) is 22.9 Å². The maximum atomic E-state index is 3.89. The SMILES string of the molecule is C=CC1CCC(/C=C\[Te]c2ccccc2)C1. The van der Waals surface area contributed by atoms with E-state index in [4.69, 9.17) is 0 Å². The summed E-state index contributed by atoms with van der Waals surface area (Å²) in [5, 5.41) is 0. The predicted octanol–water partition coefficient (Wildman–Crippen LogP) is 3.13. The first-order valence-corrected chi connectivity index (χ1v) is 8.40. The Morgan fingerprint density at radius 1 is 1.12 bits per heavy atom. The zero-order chi connectivity index (χ0) is 11.2. The first-order valence-electron chi connectivity index (χ1n) is 5.89. The molecule has 0 aliphatic heterocycles. The van der Waals surface area contributed by atoms with Crippen LogP contribution in [0.3, 0.4) is 0 Å². The monoisotopic (exact) mass is 328 g/mol. The van der Waals surface area contributed by atoms with E-state index in [9.17, 15) is 0 Å². The number of allylic oxidation sites excluding steroid dienone is 2. The second-order valence-corrected chi connectivity index (χ2v) is 7.12. The summed E-state index contributed by atoms with van der Waals surface area (Å²) in [7, 11) is 0. The summed E-state index contributed by atoms with van der Waals surface area (Å²) >= 11 is -0.0953. The predicted molar refractivity (Wildman–Crippen MR) is 72.0 cm³/mol. The molecule has 1 fully saturated rings. The zero-order valence-electron chi connectivity index (χ0n) is 9.51. The molecular weight excluding hydrogens is 308 g/mol. The van der Waals surface area contributed by atoms with Crippen molar-refractivity contribution in [2.45, 2.75) is 19.3 Å². The van der Waals surface area contributed by atoms with Crippen molar-refractivity contribution in [3.05, 3.63) is 53.2 Å². The molecule has 16 heavy (non-hydrogen) atoms. The van der Waals surface area contributed by atoms with Gasteiger partial charge in [0.2, 0.25) is 0 Å².